The minimum Gasteiger partial charge on any atom is -0.506 e. The van der Waals surface area contributed by atoms with Crippen molar-refractivity contribution < 1.29 is 15.0 Å². The maximum atomic E-state index is 11.1. The number of hydrogen-bond acceptors (Lipinski definition) is 5. The van der Waals surface area contributed by atoms with Gasteiger partial charge in [-0.3, -0.25) is 9.79 Å². The van der Waals surface area contributed by atoms with E-state index in [1.165, 1.54) is 11.3 Å². The van der Waals surface area contributed by atoms with Crippen LogP contribution in [-0.2, 0) is 4.79 Å². The molecule has 0 aliphatic carbocycles. The standard InChI is InChI=1S/C20H21ClN2O3S2/c1-12(22-10-17(27)23-7-5-13(6-8-23)20(25)26)16-11-28-19(18(16)24)14-3-2-4-15(21)9-14/h2-4,9,11,13,24H,5-8,10H2,1H3,(H,25,26). The fourth-order valence-electron chi connectivity index (χ4n) is 3.19. The Morgan fingerprint density at radius 1 is 1.39 bits per heavy atom. The van der Waals surface area contributed by atoms with Crippen LogP contribution in [0.3, 0.4) is 0 Å². The number of thiocarbonyl (C=S) groups is 1. The molecule has 2 aromatic rings. The molecule has 5 nitrogen and oxygen atoms in total. The lowest BCUT2D eigenvalue weighted by Crippen LogP contribution is -2.40. The smallest absolute Gasteiger partial charge is 0.306 e. The summed E-state index contributed by atoms with van der Waals surface area (Å²) >= 11 is 13.0. The van der Waals surface area contributed by atoms with Gasteiger partial charge in [0.05, 0.1) is 22.3 Å². The van der Waals surface area contributed by atoms with Crippen molar-refractivity contribution >= 4 is 51.8 Å². The molecule has 2 heterocycles. The molecule has 0 atom stereocenters. The van der Waals surface area contributed by atoms with Crippen LogP contribution in [0, 0.1) is 5.92 Å². The van der Waals surface area contributed by atoms with Crippen LogP contribution < -0.4 is 0 Å². The first-order valence-electron chi connectivity index (χ1n) is 8.95. The van der Waals surface area contributed by atoms with Crippen molar-refractivity contribution in [3.05, 3.63) is 40.2 Å². The summed E-state index contributed by atoms with van der Waals surface area (Å²) < 4.78 is 0. The molecule has 1 fully saturated rings. The zero-order chi connectivity index (χ0) is 20.3. The van der Waals surface area contributed by atoms with Crippen LogP contribution in [0.1, 0.15) is 25.3 Å². The Hall–Kier alpha value is -1.96. The number of nitrogens with zero attached hydrogens (tertiary/aromatic N) is 2. The Balaban J connectivity index is 1.66. The molecular weight excluding hydrogens is 416 g/mol. The number of halogens is 1. The average molecular weight is 437 g/mol. The monoisotopic (exact) mass is 436 g/mol. The number of rotatable bonds is 5. The van der Waals surface area contributed by atoms with Gasteiger partial charge in [0.1, 0.15) is 5.75 Å². The Labute approximate surface area is 178 Å². The largest absolute Gasteiger partial charge is 0.506 e. The van der Waals surface area contributed by atoms with Crippen molar-refractivity contribution in [1.82, 2.24) is 4.90 Å². The van der Waals surface area contributed by atoms with Crippen LogP contribution in [0.5, 0.6) is 5.75 Å². The maximum absolute atomic E-state index is 11.1. The summed E-state index contributed by atoms with van der Waals surface area (Å²) in [5, 5.41) is 22.2. The van der Waals surface area contributed by atoms with E-state index < -0.39 is 5.97 Å². The van der Waals surface area contributed by atoms with E-state index in [-0.39, 0.29) is 11.7 Å². The third-order valence-corrected chi connectivity index (χ3v) is 6.53. The lowest BCUT2D eigenvalue weighted by Gasteiger charge is -2.31. The number of aliphatic imine (C=N–C) groups is 1. The summed E-state index contributed by atoms with van der Waals surface area (Å²) in [6.45, 7) is 3.49. The third kappa shape index (κ3) is 4.71. The van der Waals surface area contributed by atoms with Gasteiger partial charge in [-0.05, 0) is 37.5 Å². The van der Waals surface area contributed by atoms with Crippen LogP contribution in [0.15, 0.2) is 34.6 Å². The highest BCUT2D eigenvalue weighted by molar-refractivity contribution is 7.80. The van der Waals surface area contributed by atoms with E-state index in [0.717, 1.165) is 10.4 Å². The van der Waals surface area contributed by atoms with Gasteiger partial charge in [-0.15, -0.1) is 11.3 Å². The molecule has 8 heteroatoms. The summed E-state index contributed by atoms with van der Waals surface area (Å²) in [4.78, 5) is 19.1. The highest BCUT2D eigenvalue weighted by Gasteiger charge is 2.25. The normalized spacial score (nSPS) is 15.6. The molecule has 0 bridgehead atoms. The maximum Gasteiger partial charge on any atom is 0.306 e. The first-order chi connectivity index (χ1) is 13.4. The van der Waals surface area contributed by atoms with Crippen molar-refractivity contribution in [3.63, 3.8) is 0 Å². The molecule has 0 amide bonds. The van der Waals surface area contributed by atoms with Gasteiger partial charge in [0.15, 0.2) is 0 Å². The van der Waals surface area contributed by atoms with Crippen molar-refractivity contribution in [2.24, 2.45) is 10.9 Å². The molecule has 2 N–H and O–H groups in total. The van der Waals surface area contributed by atoms with Gasteiger partial charge in [0, 0.05) is 34.8 Å². The molecule has 3 rings (SSSR count). The fraction of sp³-hybridized carbons (Fsp3) is 0.350. The number of aromatic hydroxyl groups is 1. The van der Waals surface area contributed by atoms with Gasteiger partial charge in [0.25, 0.3) is 0 Å². The number of piperidine rings is 1. The van der Waals surface area contributed by atoms with Gasteiger partial charge in [-0.1, -0.05) is 36.0 Å². The van der Waals surface area contributed by atoms with Crippen LogP contribution in [0.4, 0.5) is 0 Å². The SMILES string of the molecule is CC(=NCC(=S)N1CCC(C(=O)O)CC1)c1csc(-c2cccc(Cl)c2)c1O. The molecule has 1 aliphatic heterocycles. The van der Waals surface area contributed by atoms with Crippen LogP contribution in [-0.4, -0.2) is 51.4 Å². The number of likely N-dealkylation sites (tertiary alicyclic amines) is 1. The molecule has 0 unspecified atom stereocenters. The molecular formula is C20H21ClN2O3S2. The van der Waals surface area contributed by atoms with Crippen LogP contribution >= 0.6 is 35.2 Å². The first-order valence-corrected chi connectivity index (χ1v) is 10.6. The number of carboxylic acids is 1. The van der Waals surface area contributed by atoms with Crippen LogP contribution in [0.25, 0.3) is 10.4 Å². The van der Waals surface area contributed by atoms with E-state index in [1.54, 1.807) is 6.07 Å². The third-order valence-electron chi connectivity index (χ3n) is 4.89. The predicted octanol–water partition coefficient (Wildman–Crippen LogP) is 4.71. The van der Waals surface area contributed by atoms with Crippen molar-refractivity contribution in [2.45, 2.75) is 19.8 Å². The molecule has 0 saturated carbocycles. The summed E-state index contributed by atoms with van der Waals surface area (Å²) in [6.07, 6.45) is 1.21. The number of carbonyl (C=O) groups is 1. The van der Waals surface area contributed by atoms with Crippen molar-refractivity contribution in [3.8, 4) is 16.2 Å². The molecule has 1 aromatic heterocycles. The van der Waals surface area contributed by atoms with E-state index in [0.29, 0.717) is 53.8 Å². The van der Waals surface area contributed by atoms with Gasteiger partial charge >= 0.3 is 5.97 Å². The number of hydrogen-bond donors (Lipinski definition) is 2. The second kappa shape index (κ2) is 9.03. The van der Waals surface area contributed by atoms with Gasteiger partial charge in [-0.25, -0.2) is 0 Å². The molecule has 1 aliphatic rings. The first kappa shape index (κ1) is 20.8. The second-order valence-electron chi connectivity index (χ2n) is 6.73. The second-order valence-corrected chi connectivity index (χ2v) is 8.52. The zero-order valence-corrected chi connectivity index (χ0v) is 17.8. The Kier molecular flexibility index (Phi) is 6.69. The van der Waals surface area contributed by atoms with Gasteiger partial charge in [0.2, 0.25) is 0 Å². The van der Waals surface area contributed by atoms with E-state index in [1.807, 2.05) is 35.4 Å². The molecule has 1 saturated heterocycles. The predicted molar refractivity (Wildman–Crippen MR) is 118 cm³/mol. The zero-order valence-electron chi connectivity index (χ0n) is 15.4. The number of benzene rings is 1. The molecule has 148 valence electrons. The summed E-state index contributed by atoms with van der Waals surface area (Å²) in [6, 6.07) is 7.37. The van der Waals surface area contributed by atoms with Crippen molar-refractivity contribution in [2.75, 3.05) is 19.6 Å². The molecule has 1 aromatic carbocycles. The minimum atomic E-state index is -0.733. The van der Waals surface area contributed by atoms with E-state index in [9.17, 15) is 9.90 Å². The number of thiophene rings is 1. The van der Waals surface area contributed by atoms with Gasteiger partial charge in [-0.2, -0.15) is 0 Å². The lowest BCUT2D eigenvalue weighted by molar-refractivity contribution is -0.143. The molecule has 0 spiro atoms. The fourth-order valence-corrected chi connectivity index (χ4v) is 4.63. The quantitative estimate of drug-likeness (QED) is 0.524. The average Bonchev–Trinajstić information content (AvgIpc) is 3.07. The van der Waals surface area contributed by atoms with E-state index >= 15 is 0 Å². The van der Waals surface area contributed by atoms with E-state index in [4.69, 9.17) is 28.9 Å². The minimum absolute atomic E-state index is 0.196. The molecule has 0 radical (unpaired) electrons. The summed E-state index contributed by atoms with van der Waals surface area (Å²) in [5.74, 6) is -0.818. The molecule has 28 heavy (non-hydrogen) atoms. The van der Waals surface area contributed by atoms with Crippen LogP contribution in [0.2, 0.25) is 5.02 Å². The Morgan fingerprint density at radius 3 is 2.75 bits per heavy atom. The summed E-state index contributed by atoms with van der Waals surface area (Å²) in [5.41, 5.74) is 2.27. The van der Waals surface area contributed by atoms with E-state index in [2.05, 4.69) is 4.99 Å². The number of aliphatic carboxylic acids is 1. The van der Waals surface area contributed by atoms with Crippen molar-refractivity contribution in [1.29, 1.82) is 0 Å². The topological polar surface area (TPSA) is 73.1 Å². The Morgan fingerprint density at radius 2 is 2.11 bits per heavy atom. The van der Waals surface area contributed by atoms with Gasteiger partial charge < -0.3 is 15.1 Å². The highest BCUT2D eigenvalue weighted by atomic mass is 35.5. The number of carboxylic acid groups (broad SMARTS) is 1. The lowest BCUT2D eigenvalue weighted by atomic mass is 9.97. The Bertz CT molecular complexity index is 918. The summed E-state index contributed by atoms with van der Waals surface area (Å²) in [7, 11) is 0. The highest BCUT2D eigenvalue weighted by Crippen LogP contribution is 2.39.